The van der Waals surface area contributed by atoms with E-state index in [1.165, 1.54) is 29.4 Å². The zero-order valence-electron chi connectivity index (χ0n) is 15.7. The first kappa shape index (κ1) is 20.4. The van der Waals surface area contributed by atoms with Gasteiger partial charge in [-0.2, -0.15) is 0 Å². The van der Waals surface area contributed by atoms with Crippen LogP contribution in [0, 0.1) is 5.82 Å². The summed E-state index contributed by atoms with van der Waals surface area (Å²) >= 11 is 0. The Labute approximate surface area is 157 Å². The van der Waals surface area contributed by atoms with E-state index in [9.17, 15) is 18.8 Å². The maximum Gasteiger partial charge on any atom is 0.343 e. The van der Waals surface area contributed by atoms with E-state index in [-0.39, 0.29) is 30.1 Å². The molecule has 0 atom stereocenters. The minimum atomic E-state index is -0.774. The van der Waals surface area contributed by atoms with Crippen LogP contribution in [0.25, 0.3) is 0 Å². The van der Waals surface area contributed by atoms with Crippen LogP contribution in [0.15, 0.2) is 41.5 Å². The quantitative estimate of drug-likeness (QED) is 0.699. The lowest BCUT2D eigenvalue weighted by Gasteiger charge is -2.19. The van der Waals surface area contributed by atoms with Crippen molar-refractivity contribution >= 4 is 11.9 Å². The number of rotatable bonds is 7. The van der Waals surface area contributed by atoms with Crippen molar-refractivity contribution in [1.29, 1.82) is 0 Å². The van der Waals surface area contributed by atoms with Gasteiger partial charge in [-0.1, -0.05) is 12.1 Å². The van der Waals surface area contributed by atoms with Gasteiger partial charge in [-0.3, -0.25) is 9.59 Å². The summed E-state index contributed by atoms with van der Waals surface area (Å²) in [5.41, 5.74) is -0.180. The fraction of sp³-hybridized carbons (Fsp3) is 0.350. The second-order valence-electron chi connectivity index (χ2n) is 5.91. The Kier molecular flexibility index (Phi) is 6.87. The van der Waals surface area contributed by atoms with E-state index < -0.39 is 17.3 Å². The van der Waals surface area contributed by atoms with Gasteiger partial charge in [0.15, 0.2) is 0 Å². The predicted octanol–water partition coefficient (Wildman–Crippen LogP) is 2.69. The molecule has 2 rings (SSSR count). The maximum atomic E-state index is 13.1. The highest BCUT2D eigenvalue weighted by atomic mass is 19.1. The Hall–Kier alpha value is -2.96. The largest absolute Gasteiger partial charge is 0.462 e. The van der Waals surface area contributed by atoms with Gasteiger partial charge in [0.05, 0.1) is 6.61 Å². The molecular formula is C20H23FN2O4. The zero-order chi connectivity index (χ0) is 20.0. The lowest BCUT2D eigenvalue weighted by Crippen LogP contribution is -2.36. The lowest BCUT2D eigenvalue weighted by molar-refractivity contribution is 0.0523. The molecule has 2 aromatic rings. The summed E-state index contributed by atoms with van der Waals surface area (Å²) in [6.45, 7) is 6.53. The molecule has 0 aliphatic rings. The summed E-state index contributed by atoms with van der Waals surface area (Å²) in [4.78, 5) is 39.1. The SMILES string of the molecule is CCOC(=O)c1cn(Cc2ccc(F)cc2)cc(C(=O)N(CC)CC)c1=O. The molecule has 0 N–H and O–H groups in total. The number of hydrogen-bond donors (Lipinski definition) is 0. The van der Waals surface area contributed by atoms with Crippen molar-refractivity contribution in [2.75, 3.05) is 19.7 Å². The van der Waals surface area contributed by atoms with Crippen molar-refractivity contribution in [3.8, 4) is 0 Å². The third-order valence-electron chi connectivity index (χ3n) is 4.13. The number of nitrogens with zero attached hydrogens (tertiary/aromatic N) is 2. The number of esters is 1. The van der Waals surface area contributed by atoms with Crippen LogP contribution in [-0.4, -0.2) is 41.0 Å². The molecule has 1 aromatic heterocycles. The lowest BCUT2D eigenvalue weighted by atomic mass is 10.1. The molecule has 1 amide bonds. The van der Waals surface area contributed by atoms with Gasteiger partial charge < -0.3 is 14.2 Å². The Bertz CT molecular complexity index is 871. The first-order valence-electron chi connectivity index (χ1n) is 8.86. The number of carbonyl (C=O) groups excluding carboxylic acids is 2. The molecular weight excluding hydrogens is 351 g/mol. The predicted molar refractivity (Wildman–Crippen MR) is 99.4 cm³/mol. The average Bonchev–Trinajstić information content (AvgIpc) is 2.65. The van der Waals surface area contributed by atoms with Crippen LogP contribution in [0.2, 0.25) is 0 Å². The molecule has 0 fully saturated rings. The van der Waals surface area contributed by atoms with Crippen molar-refractivity contribution in [3.63, 3.8) is 0 Å². The third-order valence-corrected chi connectivity index (χ3v) is 4.13. The van der Waals surface area contributed by atoms with Crippen molar-refractivity contribution in [2.45, 2.75) is 27.3 Å². The van der Waals surface area contributed by atoms with Gasteiger partial charge in [0.1, 0.15) is 16.9 Å². The number of halogens is 1. The van der Waals surface area contributed by atoms with Crippen molar-refractivity contribution in [3.05, 3.63) is 69.4 Å². The summed E-state index contributed by atoms with van der Waals surface area (Å²) in [6.07, 6.45) is 2.79. The van der Waals surface area contributed by atoms with Crippen LogP contribution < -0.4 is 5.43 Å². The van der Waals surface area contributed by atoms with E-state index in [1.807, 2.05) is 13.8 Å². The number of ether oxygens (including phenoxy) is 1. The number of carbonyl (C=O) groups is 2. The van der Waals surface area contributed by atoms with Gasteiger partial charge in [0, 0.05) is 32.0 Å². The summed E-state index contributed by atoms with van der Waals surface area (Å²) in [7, 11) is 0. The number of pyridine rings is 1. The normalized spacial score (nSPS) is 10.5. The van der Waals surface area contributed by atoms with E-state index in [0.29, 0.717) is 13.1 Å². The molecule has 1 aromatic carbocycles. The van der Waals surface area contributed by atoms with E-state index >= 15 is 0 Å². The monoisotopic (exact) mass is 374 g/mol. The molecule has 7 heteroatoms. The van der Waals surface area contributed by atoms with Crippen LogP contribution >= 0.6 is 0 Å². The highest BCUT2D eigenvalue weighted by Crippen LogP contribution is 2.09. The van der Waals surface area contributed by atoms with E-state index in [0.717, 1.165) is 5.56 Å². The number of aromatic nitrogens is 1. The Morgan fingerprint density at radius 2 is 1.63 bits per heavy atom. The minimum absolute atomic E-state index is 0.0913. The van der Waals surface area contributed by atoms with Crippen LogP contribution in [0.5, 0.6) is 0 Å². The smallest absolute Gasteiger partial charge is 0.343 e. The molecule has 0 aliphatic heterocycles. The van der Waals surface area contributed by atoms with Gasteiger partial charge in [0.25, 0.3) is 5.91 Å². The molecule has 0 spiro atoms. The summed E-state index contributed by atoms with van der Waals surface area (Å²) in [6, 6.07) is 5.85. The standard InChI is InChI=1S/C20H23FN2O4/c1-4-23(5-2)19(25)16-12-22(11-14-7-9-15(21)10-8-14)13-17(18(16)24)20(26)27-6-3/h7-10,12-13H,4-6,11H2,1-3H3. The molecule has 0 aliphatic carbocycles. The van der Waals surface area contributed by atoms with Crippen LogP contribution in [0.4, 0.5) is 4.39 Å². The molecule has 1 heterocycles. The van der Waals surface area contributed by atoms with E-state index in [4.69, 9.17) is 4.74 Å². The molecule has 0 radical (unpaired) electrons. The summed E-state index contributed by atoms with van der Waals surface area (Å²) in [5, 5.41) is 0. The van der Waals surface area contributed by atoms with Gasteiger partial charge in [-0.05, 0) is 38.5 Å². The van der Waals surface area contributed by atoms with Crippen molar-refractivity contribution < 1.29 is 18.7 Å². The molecule has 144 valence electrons. The number of hydrogen-bond acceptors (Lipinski definition) is 4. The Morgan fingerprint density at radius 1 is 1.04 bits per heavy atom. The Morgan fingerprint density at radius 3 is 2.19 bits per heavy atom. The van der Waals surface area contributed by atoms with Gasteiger partial charge in [-0.15, -0.1) is 0 Å². The zero-order valence-corrected chi connectivity index (χ0v) is 15.7. The minimum Gasteiger partial charge on any atom is -0.462 e. The van der Waals surface area contributed by atoms with Gasteiger partial charge >= 0.3 is 5.97 Å². The fourth-order valence-corrected chi connectivity index (χ4v) is 2.71. The van der Waals surface area contributed by atoms with Crippen molar-refractivity contribution in [1.82, 2.24) is 9.47 Å². The molecule has 0 bridgehead atoms. The topological polar surface area (TPSA) is 68.6 Å². The molecule has 6 nitrogen and oxygen atoms in total. The Balaban J connectivity index is 2.52. The van der Waals surface area contributed by atoms with Crippen molar-refractivity contribution in [2.24, 2.45) is 0 Å². The molecule has 0 saturated heterocycles. The first-order chi connectivity index (χ1) is 12.9. The maximum absolute atomic E-state index is 13.1. The average molecular weight is 374 g/mol. The highest BCUT2D eigenvalue weighted by Gasteiger charge is 2.22. The number of amides is 1. The van der Waals surface area contributed by atoms with Gasteiger partial charge in [0.2, 0.25) is 5.43 Å². The van der Waals surface area contributed by atoms with E-state index in [2.05, 4.69) is 0 Å². The second-order valence-corrected chi connectivity index (χ2v) is 5.91. The number of benzene rings is 1. The molecule has 27 heavy (non-hydrogen) atoms. The second kappa shape index (κ2) is 9.12. The summed E-state index contributed by atoms with van der Waals surface area (Å²) < 4.78 is 19.6. The first-order valence-corrected chi connectivity index (χ1v) is 8.86. The molecule has 0 unspecified atom stereocenters. The van der Waals surface area contributed by atoms with Crippen LogP contribution in [0.3, 0.4) is 0 Å². The third kappa shape index (κ3) is 4.81. The van der Waals surface area contributed by atoms with Crippen LogP contribution in [-0.2, 0) is 11.3 Å². The highest BCUT2D eigenvalue weighted by molar-refractivity contribution is 5.97. The van der Waals surface area contributed by atoms with Crippen LogP contribution in [0.1, 0.15) is 47.1 Å². The van der Waals surface area contributed by atoms with Gasteiger partial charge in [-0.25, -0.2) is 9.18 Å². The summed E-state index contributed by atoms with van der Waals surface area (Å²) in [5.74, 6) is -1.57. The van der Waals surface area contributed by atoms with E-state index in [1.54, 1.807) is 23.6 Å². The fourth-order valence-electron chi connectivity index (χ4n) is 2.71. The molecule has 0 saturated carbocycles.